The van der Waals surface area contributed by atoms with Crippen LogP contribution < -0.4 is 10.6 Å². The summed E-state index contributed by atoms with van der Waals surface area (Å²) in [5.74, 6) is -0.149. The van der Waals surface area contributed by atoms with Crippen LogP contribution in [0.4, 0.5) is 0 Å². The Morgan fingerprint density at radius 3 is 2.91 bits per heavy atom. The average molecular weight is 301 g/mol. The summed E-state index contributed by atoms with van der Waals surface area (Å²) in [5, 5.41) is 14.0. The summed E-state index contributed by atoms with van der Waals surface area (Å²) in [7, 11) is 0. The molecule has 0 aromatic heterocycles. The van der Waals surface area contributed by atoms with Gasteiger partial charge in [-0.3, -0.25) is 14.6 Å². The van der Waals surface area contributed by atoms with Crippen LogP contribution in [-0.4, -0.2) is 30.1 Å². The first-order valence-corrected chi connectivity index (χ1v) is 7.57. The number of azo groups is 1. The quantitative estimate of drug-likeness (QED) is 0.825. The van der Waals surface area contributed by atoms with Gasteiger partial charge < -0.3 is 10.6 Å². The van der Waals surface area contributed by atoms with Gasteiger partial charge in [-0.2, -0.15) is 0 Å². The second-order valence-corrected chi connectivity index (χ2v) is 5.82. The van der Waals surface area contributed by atoms with Gasteiger partial charge in [-0.1, -0.05) is 6.08 Å². The Labute approximate surface area is 128 Å². The SMILES string of the molecule is CC(=O)NC1CCCC(NC2=C3N=CC=CC3C(=O)N=N2)C1. The van der Waals surface area contributed by atoms with E-state index in [2.05, 4.69) is 25.9 Å². The lowest BCUT2D eigenvalue weighted by atomic mass is 9.90. The van der Waals surface area contributed by atoms with Crippen LogP contribution in [0.25, 0.3) is 0 Å². The third-order valence-electron chi connectivity index (χ3n) is 4.08. The summed E-state index contributed by atoms with van der Waals surface area (Å²) >= 11 is 0. The van der Waals surface area contributed by atoms with E-state index in [1.807, 2.05) is 0 Å². The van der Waals surface area contributed by atoms with Crippen LogP contribution >= 0.6 is 0 Å². The van der Waals surface area contributed by atoms with Crippen molar-refractivity contribution in [3.8, 4) is 0 Å². The molecular formula is C15H19N5O2. The maximum atomic E-state index is 11.7. The monoisotopic (exact) mass is 301 g/mol. The van der Waals surface area contributed by atoms with Crippen LogP contribution in [0.5, 0.6) is 0 Å². The molecule has 3 aliphatic rings. The summed E-state index contributed by atoms with van der Waals surface area (Å²) in [4.78, 5) is 27.2. The highest BCUT2D eigenvalue weighted by Gasteiger charge is 2.31. The number of amides is 2. The molecule has 2 aliphatic heterocycles. The smallest absolute Gasteiger partial charge is 0.277 e. The van der Waals surface area contributed by atoms with Crippen molar-refractivity contribution in [2.75, 3.05) is 0 Å². The molecule has 7 nitrogen and oxygen atoms in total. The number of hydrogen-bond acceptors (Lipinski definition) is 5. The van der Waals surface area contributed by atoms with Crippen molar-refractivity contribution in [2.24, 2.45) is 21.1 Å². The molecule has 116 valence electrons. The zero-order valence-electron chi connectivity index (χ0n) is 12.5. The number of dihydropyridines is 1. The average Bonchev–Trinajstić information content (AvgIpc) is 2.50. The van der Waals surface area contributed by atoms with E-state index < -0.39 is 5.92 Å². The molecular weight excluding hydrogens is 282 g/mol. The molecule has 1 fully saturated rings. The van der Waals surface area contributed by atoms with Gasteiger partial charge in [-0.25, -0.2) is 0 Å². The van der Waals surface area contributed by atoms with Gasteiger partial charge in [0.25, 0.3) is 5.91 Å². The van der Waals surface area contributed by atoms with Crippen molar-refractivity contribution in [1.82, 2.24) is 10.6 Å². The highest BCUT2D eigenvalue weighted by molar-refractivity contribution is 5.88. The number of nitrogens with one attached hydrogen (secondary N) is 2. The predicted molar refractivity (Wildman–Crippen MR) is 81.0 cm³/mol. The summed E-state index contributed by atoms with van der Waals surface area (Å²) in [6.07, 6.45) is 9.05. The minimum Gasteiger partial charge on any atom is -0.364 e. The topological polar surface area (TPSA) is 95.3 Å². The van der Waals surface area contributed by atoms with Crippen LogP contribution in [0.3, 0.4) is 0 Å². The Hall–Kier alpha value is -2.31. The van der Waals surface area contributed by atoms with Crippen molar-refractivity contribution in [3.63, 3.8) is 0 Å². The van der Waals surface area contributed by atoms with Crippen molar-refractivity contribution >= 4 is 18.0 Å². The summed E-state index contributed by atoms with van der Waals surface area (Å²) in [6.45, 7) is 1.54. The maximum Gasteiger partial charge on any atom is 0.277 e. The molecule has 0 aromatic carbocycles. The number of allylic oxidation sites excluding steroid dienone is 1. The Bertz CT molecular complexity index is 605. The Kier molecular flexibility index (Phi) is 4.13. The fourth-order valence-electron chi connectivity index (χ4n) is 3.11. The fraction of sp³-hybridized carbons (Fsp3) is 0.533. The van der Waals surface area contributed by atoms with E-state index in [0.29, 0.717) is 11.5 Å². The van der Waals surface area contributed by atoms with Crippen LogP contribution in [0.15, 0.2) is 38.9 Å². The molecule has 0 saturated heterocycles. The third kappa shape index (κ3) is 3.13. The van der Waals surface area contributed by atoms with E-state index >= 15 is 0 Å². The van der Waals surface area contributed by atoms with Crippen LogP contribution in [-0.2, 0) is 9.59 Å². The maximum absolute atomic E-state index is 11.7. The number of rotatable bonds is 3. The van der Waals surface area contributed by atoms with Gasteiger partial charge in [-0.05, 0) is 31.8 Å². The van der Waals surface area contributed by atoms with Crippen molar-refractivity contribution in [2.45, 2.75) is 44.7 Å². The number of nitrogens with zero attached hydrogens (tertiary/aromatic N) is 3. The number of hydrogen-bond donors (Lipinski definition) is 2. The molecule has 0 radical (unpaired) electrons. The normalized spacial score (nSPS) is 30.2. The van der Waals surface area contributed by atoms with Gasteiger partial charge >= 0.3 is 0 Å². The zero-order valence-corrected chi connectivity index (χ0v) is 12.5. The number of aliphatic imine (C=N–C) groups is 1. The lowest BCUT2D eigenvalue weighted by molar-refractivity contribution is -0.121. The molecule has 1 saturated carbocycles. The van der Waals surface area contributed by atoms with Crippen molar-refractivity contribution in [3.05, 3.63) is 23.7 Å². The molecule has 3 unspecified atom stereocenters. The number of fused-ring (bicyclic) bond motifs is 1. The Balaban J connectivity index is 1.71. The highest BCUT2D eigenvalue weighted by atomic mass is 16.2. The second-order valence-electron chi connectivity index (χ2n) is 5.82. The van der Waals surface area contributed by atoms with E-state index in [1.165, 1.54) is 6.92 Å². The van der Waals surface area contributed by atoms with Gasteiger partial charge in [0.1, 0.15) is 11.6 Å². The van der Waals surface area contributed by atoms with Gasteiger partial charge in [0.05, 0.1) is 0 Å². The molecule has 1 aliphatic carbocycles. The number of carbonyl (C=O) groups is 2. The molecule has 2 N–H and O–H groups in total. The molecule has 2 amide bonds. The van der Waals surface area contributed by atoms with Crippen LogP contribution in [0, 0.1) is 5.92 Å². The first-order chi connectivity index (χ1) is 10.6. The van der Waals surface area contributed by atoms with Crippen molar-refractivity contribution in [1.29, 1.82) is 0 Å². The van der Waals surface area contributed by atoms with E-state index in [-0.39, 0.29) is 23.9 Å². The number of carbonyl (C=O) groups excluding carboxylic acids is 2. The summed E-state index contributed by atoms with van der Waals surface area (Å²) in [6, 6.07) is 0.379. The van der Waals surface area contributed by atoms with E-state index in [1.54, 1.807) is 18.4 Å². The lowest BCUT2D eigenvalue weighted by Gasteiger charge is -2.31. The third-order valence-corrected chi connectivity index (χ3v) is 4.08. The largest absolute Gasteiger partial charge is 0.364 e. The van der Waals surface area contributed by atoms with Crippen LogP contribution in [0.2, 0.25) is 0 Å². The molecule has 3 rings (SSSR count). The first-order valence-electron chi connectivity index (χ1n) is 7.57. The van der Waals surface area contributed by atoms with Gasteiger partial charge in [0.2, 0.25) is 5.91 Å². The summed E-state index contributed by atoms with van der Waals surface area (Å²) in [5.41, 5.74) is 0.629. The second kappa shape index (κ2) is 6.21. The van der Waals surface area contributed by atoms with E-state index in [0.717, 1.165) is 25.7 Å². The standard InChI is InChI=1S/C15H19N5O2/c1-9(21)17-10-4-2-5-11(8-10)18-14-13-12(6-3-7-16-13)15(22)20-19-14/h3,6-7,10-12,18H,2,4-5,8H2,1H3,(H,17,21). The molecule has 3 atom stereocenters. The Morgan fingerprint density at radius 1 is 1.27 bits per heavy atom. The summed E-state index contributed by atoms with van der Waals surface area (Å²) < 4.78 is 0. The lowest BCUT2D eigenvalue weighted by Crippen LogP contribution is -2.43. The molecule has 0 bridgehead atoms. The molecule has 0 spiro atoms. The minimum atomic E-state index is -0.431. The molecule has 2 heterocycles. The van der Waals surface area contributed by atoms with E-state index in [4.69, 9.17) is 0 Å². The van der Waals surface area contributed by atoms with Crippen molar-refractivity contribution < 1.29 is 9.59 Å². The Morgan fingerprint density at radius 2 is 2.09 bits per heavy atom. The minimum absolute atomic E-state index is 0.00212. The first kappa shape index (κ1) is 14.6. The molecule has 22 heavy (non-hydrogen) atoms. The fourth-order valence-corrected chi connectivity index (χ4v) is 3.11. The highest BCUT2D eigenvalue weighted by Crippen LogP contribution is 2.28. The molecule has 0 aromatic rings. The predicted octanol–water partition coefficient (Wildman–Crippen LogP) is 1.44. The zero-order chi connectivity index (χ0) is 15.5. The molecule has 7 heteroatoms. The van der Waals surface area contributed by atoms with Gasteiger partial charge in [0.15, 0.2) is 5.82 Å². The van der Waals surface area contributed by atoms with E-state index in [9.17, 15) is 9.59 Å². The van der Waals surface area contributed by atoms with Gasteiger partial charge in [-0.15, -0.1) is 10.2 Å². The van der Waals surface area contributed by atoms with Crippen LogP contribution in [0.1, 0.15) is 32.6 Å². The van der Waals surface area contributed by atoms with Gasteiger partial charge in [0, 0.05) is 25.2 Å².